The summed E-state index contributed by atoms with van der Waals surface area (Å²) in [5.41, 5.74) is 0.0873. The van der Waals surface area contributed by atoms with Crippen molar-refractivity contribution in [3.63, 3.8) is 0 Å². The standard InChI is InChI=1S/C12H16Br2N2O2/c1-9-15-6-10(14)11(17)16(9)8-12(7-13)2-4-18-5-3-12/h6H,2-5,7-8H2,1H3. The summed E-state index contributed by atoms with van der Waals surface area (Å²) >= 11 is 6.84. The second-order valence-corrected chi connectivity index (χ2v) is 6.21. The maximum atomic E-state index is 12.2. The Bertz CT molecular complexity index is 481. The van der Waals surface area contributed by atoms with Gasteiger partial charge < -0.3 is 4.74 Å². The zero-order valence-corrected chi connectivity index (χ0v) is 13.5. The van der Waals surface area contributed by atoms with Crippen molar-refractivity contribution in [1.82, 2.24) is 9.55 Å². The van der Waals surface area contributed by atoms with E-state index in [0.29, 0.717) is 11.0 Å². The molecule has 100 valence electrons. The van der Waals surface area contributed by atoms with Gasteiger partial charge in [0, 0.05) is 36.7 Å². The fourth-order valence-corrected chi connectivity index (χ4v) is 3.27. The Balaban J connectivity index is 2.32. The third-order valence-corrected chi connectivity index (χ3v) is 5.27. The van der Waals surface area contributed by atoms with Crippen molar-refractivity contribution in [1.29, 1.82) is 0 Å². The van der Waals surface area contributed by atoms with E-state index in [4.69, 9.17) is 4.74 Å². The highest BCUT2D eigenvalue weighted by atomic mass is 79.9. The minimum Gasteiger partial charge on any atom is -0.381 e. The van der Waals surface area contributed by atoms with Gasteiger partial charge in [-0.1, -0.05) is 15.9 Å². The highest BCUT2D eigenvalue weighted by Crippen LogP contribution is 2.34. The lowest BCUT2D eigenvalue weighted by Crippen LogP contribution is -2.39. The molecular formula is C12H16Br2N2O2. The topological polar surface area (TPSA) is 44.1 Å². The van der Waals surface area contributed by atoms with Crippen molar-refractivity contribution in [3.8, 4) is 0 Å². The van der Waals surface area contributed by atoms with Crippen LogP contribution < -0.4 is 5.56 Å². The number of aromatic nitrogens is 2. The van der Waals surface area contributed by atoms with E-state index in [9.17, 15) is 4.79 Å². The molecule has 0 N–H and O–H groups in total. The predicted molar refractivity (Wildman–Crippen MR) is 77.2 cm³/mol. The van der Waals surface area contributed by atoms with E-state index in [2.05, 4.69) is 36.8 Å². The zero-order chi connectivity index (χ0) is 13.2. The van der Waals surface area contributed by atoms with E-state index in [1.807, 2.05) is 6.92 Å². The molecular weight excluding hydrogens is 364 g/mol. The van der Waals surface area contributed by atoms with Crippen LogP contribution >= 0.6 is 31.9 Å². The van der Waals surface area contributed by atoms with Crippen molar-refractivity contribution < 1.29 is 4.74 Å². The van der Waals surface area contributed by atoms with Crippen LogP contribution in [0.4, 0.5) is 0 Å². The van der Waals surface area contributed by atoms with Gasteiger partial charge in [-0.15, -0.1) is 0 Å². The molecule has 0 aliphatic carbocycles. The van der Waals surface area contributed by atoms with Gasteiger partial charge in [-0.05, 0) is 35.7 Å². The molecule has 2 heterocycles. The summed E-state index contributed by atoms with van der Waals surface area (Å²) < 4.78 is 7.69. The first kappa shape index (κ1) is 14.2. The summed E-state index contributed by atoms with van der Waals surface area (Å²) in [6, 6.07) is 0. The Kier molecular flexibility index (Phi) is 4.61. The van der Waals surface area contributed by atoms with E-state index < -0.39 is 0 Å². The SMILES string of the molecule is Cc1ncc(Br)c(=O)n1CC1(CBr)CCOCC1. The largest absolute Gasteiger partial charge is 0.381 e. The van der Waals surface area contributed by atoms with Gasteiger partial charge >= 0.3 is 0 Å². The summed E-state index contributed by atoms with van der Waals surface area (Å²) in [6.07, 6.45) is 3.51. The molecule has 0 spiro atoms. The maximum Gasteiger partial charge on any atom is 0.267 e. The molecule has 2 rings (SSSR count). The summed E-state index contributed by atoms with van der Waals surface area (Å²) in [5, 5.41) is 0.877. The number of aryl methyl sites for hydroxylation is 1. The normalized spacial score (nSPS) is 18.8. The molecule has 0 bridgehead atoms. The number of alkyl halides is 1. The number of ether oxygens (including phenoxy) is 1. The van der Waals surface area contributed by atoms with E-state index in [1.165, 1.54) is 0 Å². The summed E-state index contributed by atoms with van der Waals surface area (Å²) in [6.45, 7) is 4.09. The van der Waals surface area contributed by atoms with E-state index in [0.717, 1.165) is 37.2 Å². The molecule has 1 aromatic heterocycles. The molecule has 4 nitrogen and oxygen atoms in total. The Morgan fingerprint density at radius 3 is 2.78 bits per heavy atom. The van der Waals surface area contributed by atoms with Crippen LogP contribution in [0, 0.1) is 12.3 Å². The average Bonchev–Trinajstić information content (AvgIpc) is 2.40. The Morgan fingerprint density at radius 1 is 1.50 bits per heavy atom. The Hall–Kier alpha value is -0.200. The molecule has 1 aliphatic heterocycles. The number of rotatable bonds is 3. The maximum absolute atomic E-state index is 12.2. The molecule has 18 heavy (non-hydrogen) atoms. The summed E-state index contributed by atoms with van der Waals surface area (Å²) in [7, 11) is 0. The van der Waals surface area contributed by atoms with Crippen LogP contribution in [0.5, 0.6) is 0 Å². The number of halogens is 2. The van der Waals surface area contributed by atoms with Crippen LogP contribution in [0.1, 0.15) is 18.7 Å². The van der Waals surface area contributed by atoms with Crippen LogP contribution in [0.3, 0.4) is 0 Å². The molecule has 1 aliphatic rings. The van der Waals surface area contributed by atoms with Gasteiger partial charge in [0.05, 0.1) is 0 Å². The lowest BCUT2D eigenvalue weighted by atomic mass is 9.82. The Morgan fingerprint density at radius 2 is 2.17 bits per heavy atom. The van der Waals surface area contributed by atoms with Crippen molar-refractivity contribution >= 4 is 31.9 Å². The fourth-order valence-electron chi connectivity index (χ4n) is 2.21. The molecule has 0 saturated carbocycles. The third-order valence-electron chi connectivity index (χ3n) is 3.54. The molecule has 1 fully saturated rings. The zero-order valence-electron chi connectivity index (χ0n) is 10.3. The molecule has 1 aromatic rings. The van der Waals surface area contributed by atoms with Crippen molar-refractivity contribution in [2.24, 2.45) is 5.41 Å². The highest BCUT2D eigenvalue weighted by molar-refractivity contribution is 9.10. The van der Waals surface area contributed by atoms with Gasteiger partial charge in [-0.3, -0.25) is 9.36 Å². The summed E-state index contributed by atoms with van der Waals surface area (Å²) in [5.74, 6) is 0.759. The van der Waals surface area contributed by atoms with Gasteiger partial charge in [0.2, 0.25) is 0 Å². The molecule has 0 unspecified atom stereocenters. The monoisotopic (exact) mass is 378 g/mol. The molecule has 6 heteroatoms. The highest BCUT2D eigenvalue weighted by Gasteiger charge is 2.32. The second kappa shape index (κ2) is 5.84. The van der Waals surface area contributed by atoms with Crippen LogP contribution in [0.2, 0.25) is 0 Å². The van der Waals surface area contributed by atoms with Gasteiger partial charge in [0.15, 0.2) is 0 Å². The van der Waals surface area contributed by atoms with Gasteiger partial charge in [-0.25, -0.2) is 4.98 Å². The van der Waals surface area contributed by atoms with Crippen molar-refractivity contribution in [2.45, 2.75) is 26.3 Å². The van der Waals surface area contributed by atoms with Crippen molar-refractivity contribution in [2.75, 3.05) is 18.5 Å². The quantitative estimate of drug-likeness (QED) is 0.758. The first-order valence-electron chi connectivity index (χ1n) is 5.94. The van der Waals surface area contributed by atoms with E-state index >= 15 is 0 Å². The van der Waals surface area contributed by atoms with E-state index in [-0.39, 0.29) is 11.0 Å². The summed E-state index contributed by atoms with van der Waals surface area (Å²) in [4.78, 5) is 16.4. The van der Waals surface area contributed by atoms with Gasteiger partial charge in [0.25, 0.3) is 5.56 Å². The third kappa shape index (κ3) is 2.86. The van der Waals surface area contributed by atoms with E-state index in [1.54, 1.807) is 10.8 Å². The average molecular weight is 380 g/mol. The van der Waals surface area contributed by atoms with Crippen LogP contribution in [-0.4, -0.2) is 28.1 Å². The van der Waals surface area contributed by atoms with Gasteiger partial charge in [-0.2, -0.15) is 0 Å². The number of nitrogens with zero attached hydrogens (tertiary/aromatic N) is 2. The fraction of sp³-hybridized carbons (Fsp3) is 0.667. The lowest BCUT2D eigenvalue weighted by Gasteiger charge is -2.36. The van der Waals surface area contributed by atoms with Gasteiger partial charge in [0.1, 0.15) is 10.3 Å². The van der Waals surface area contributed by atoms with Crippen LogP contribution in [0.15, 0.2) is 15.5 Å². The molecule has 1 saturated heterocycles. The Labute approximate surface area is 123 Å². The minimum atomic E-state index is -0.00526. The lowest BCUT2D eigenvalue weighted by molar-refractivity contribution is 0.0177. The smallest absolute Gasteiger partial charge is 0.267 e. The molecule has 0 aromatic carbocycles. The predicted octanol–water partition coefficient (Wildman–Crippen LogP) is 2.51. The second-order valence-electron chi connectivity index (χ2n) is 4.79. The minimum absolute atomic E-state index is 0.00526. The molecule has 0 amide bonds. The first-order chi connectivity index (χ1) is 8.58. The number of hydrogen-bond donors (Lipinski definition) is 0. The molecule has 0 radical (unpaired) electrons. The van der Waals surface area contributed by atoms with Crippen molar-refractivity contribution in [3.05, 3.63) is 26.8 Å². The first-order valence-corrected chi connectivity index (χ1v) is 7.85. The molecule has 0 atom stereocenters. The number of hydrogen-bond acceptors (Lipinski definition) is 3. The van der Waals surface area contributed by atoms with Crippen LogP contribution in [-0.2, 0) is 11.3 Å². The van der Waals surface area contributed by atoms with Crippen LogP contribution in [0.25, 0.3) is 0 Å².